The summed E-state index contributed by atoms with van der Waals surface area (Å²) in [5, 5.41) is 8.33. The fourth-order valence-corrected chi connectivity index (χ4v) is 2.26. The predicted molar refractivity (Wildman–Crippen MR) is 51.4 cm³/mol. The SMILES string of the molecule is CCC1(CNS(=O)(=O)CC(=O)O)CC1. The Kier molecular flexibility index (Phi) is 3.16. The molecule has 0 bridgehead atoms. The van der Waals surface area contributed by atoms with Crippen molar-refractivity contribution in [1.82, 2.24) is 4.72 Å². The van der Waals surface area contributed by atoms with Crippen LogP contribution in [0.2, 0.25) is 0 Å². The van der Waals surface area contributed by atoms with Crippen LogP contribution in [0.5, 0.6) is 0 Å². The molecule has 0 atom stereocenters. The normalized spacial score (nSPS) is 19.2. The van der Waals surface area contributed by atoms with Gasteiger partial charge >= 0.3 is 5.97 Å². The van der Waals surface area contributed by atoms with E-state index in [4.69, 9.17) is 5.11 Å². The van der Waals surface area contributed by atoms with E-state index in [9.17, 15) is 13.2 Å². The number of sulfonamides is 1. The molecule has 6 heteroatoms. The maximum Gasteiger partial charge on any atom is 0.320 e. The van der Waals surface area contributed by atoms with Gasteiger partial charge in [-0.05, 0) is 24.7 Å². The highest BCUT2D eigenvalue weighted by Crippen LogP contribution is 2.47. The number of carbonyl (C=O) groups is 1. The minimum Gasteiger partial charge on any atom is -0.480 e. The summed E-state index contributed by atoms with van der Waals surface area (Å²) in [5.74, 6) is -2.16. The third kappa shape index (κ3) is 3.26. The number of aliphatic carboxylic acids is 1. The van der Waals surface area contributed by atoms with Crippen LogP contribution in [0.25, 0.3) is 0 Å². The molecule has 0 heterocycles. The van der Waals surface area contributed by atoms with Crippen molar-refractivity contribution in [3.8, 4) is 0 Å². The van der Waals surface area contributed by atoms with Crippen molar-refractivity contribution in [3.63, 3.8) is 0 Å². The van der Waals surface area contributed by atoms with Crippen LogP contribution in [0.4, 0.5) is 0 Å². The monoisotopic (exact) mass is 221 g/mol. The van der Waals surface area contributed by atoms with E-state index in [1.165, 1.54) is 0 Å². The van der Waals surface area contributed by atoms with Gasteiger partial charge in [0.1, 0.15) is 0 Å². The minimum atomic E-state index is -3.63. The van der Waals surface area contributed by atoms with Gasteiger partial charge in [-0.1, -0.05) is 6.92 Å². The first kappa shape index (κ1) is 11.5. The quantitative estimate of drug-likeness (QED) is 0.670. The molecule has 0 saturated heterocycles. The van der Waals surface area contributed by atoms with E-state index < -0.39 is 21.7 Å². The molecule has 1 aliphatic rings. The maximum absolute atomic E-state index is 11.1. The lowest BCUT2D eigenvalue weighted by atomic mass is 10.1. The van der Waals surface area contributed by atoms with E-state index in [1.54, 1.807) is 0 Å². The van der Waals surface area contributed by atoms with Gasteiger partial charge in [0.25, 0.3) is 0 Å². The molecule has 14 heavy (non-hydrogen) atoms. The number of hydrogen-bond donors (Lipinski definition) is 2. The summed E-state index contributed by atoms with van der Waals surface area (Å²) in [6, 6.07) is 0. The molecule has 1 fully saturated rings. The average Bonchev–Trinajstić information content (AvgIpc) is 2.79. The zero-order valence-corrected chi connectivity index (χ0v) is 8.93. The Morgan fingerprint density at radius 1 is 1.50 bits per heavy atom. The minimum absolute atomic E-state index is 0.103. The number of carboxylic acid groups (broad SMARTS) is 1. The van der Waals surface area contributed by atoms with Crippen LogP contribution >= 0.6 is 0 Å². The van der Waals surface area contributed by atoms with Crippen molar-refractivity contribution in [2.75, 3.05) is 12.3 Å². The van der Waals surface area contributed by atoms with Crippen molar-refractivity contribution >= 4 is 16.0 Å². The Labute approximate surface area is 83.6 Å². The van der Waals surface area contributed by atoms with Gasteiger partial charge in [0.2, 0.25) is 10.0 Å². The summed E-state index contributed by atoms with van der Waals surface area (Å²) in [6.07, 6.45) is 2.99. The van der Waals surface area contributed by atoms with Gasteiger partial charge in [-0.25, -0.2) is 13.1 Å². The van der Waals surface area contributed by atoms with Crippen molar-refractivity contribution in [2.45, 2.75) is 26.2 Å². The van der Waals surface area contributed by atoms with Gasteiger partial charge < -0.3 is 5.11 Å². The van der Waals surface area contributed by atoms with Gasteiger partial charge in [-0.3, -0.25) is 4.79 Å². The Morgan fingerprint density at radius 2 is 2.07 bits per heavy atom. The highest BCUT2D eigenvalue weighted by molar-refractivity contribution is 7.90. The molecule has 0 radical (unpaired) electrons. The molecule has 0 unspecified atom stereocenters. The summed E-state index contributed by atoms with van der Waals surface area (Å²) in [7, 11) is -3.63. The average molecular weight is 221 g/mol. The number of carboxylic acids is 1. The maximum atomic E-state index is 11.1. The van der Waals surface area contributed by atoms with Crippen LogP contribution in [0.3, 0.4) is 0 Å². The van der Waals surface area contributed by atoms with E-state index in [-0.39, 0.29) is 5.41 Å². The smallest absolute Gasteiger partial charge is 0.320 e. The summed E-state index contributed by atoms with van der Waals surface area (Å²) in [4.78, 5) is 10.2. The molecule has 0 aromatic rings. The highest BCUT2D eigenvalue weighted by Gasteiger charge is 2.41. The van der Waals surface area contributed by atoms with Crippen LogP contribution in [0.1, 0.15) is 26.2 Å². The first-order chi connectivity index (χ1) is 6.39. The lowest BCUT2D eigenvalue weighted by molar-refractivity contribution is -0.134. The van der Waals surface area contributed by atoms with E-state index in [0.717, 1.165) is 19.3 Å². The van der Waals surface area contributed by atoms with Gasteiger partial charge in [0, 0.05) is 6.54 Å². The first-order valence-electron chi connectivity index (χ1n) is 4.58. The Bertz CT molecular complexity index is 318. The van der Waals surface area contributed by atoms with Crippen LogP contribution < -0.4 is 4.72 Å². The molecule has 1 saturated carbocycles. The summed E-state index contributed by atoms with van der Waals surface area (Å²) in [5.41, 5.74) is 0.103. The summed E-state index contributed by atoms with van der Waals surface area (Å²) < 4.78 is 24.6. The first-order valence-corrected chi connectivity index (χ1v) is 6.23. The van der Waals surface area contributed by atoms with Gasteiger partial charge in [0.05, 0.1) is 0 Å². The zero-order valence-electron chi connectivity index (χ0n) is 8.12. The molecule has 0 aromatic carbocycles. The largest absolute Gasteiger partial charge is 0.480 e. The summed E-state index contributed by atoms with van der Waals surface area (Å²) in [6.45, 7) is 2.39. The second-order valence-corrected chi connectivity index (χ2v) is 5.63. The summed E-state index contributed by atoms with van der Waals surface area (Å²) >= 11 is 0. The standard InChI is InChI=1S/C8H15NO4S/c1-2-8(3-4-8)6-9-14(12,13)5-7(10)11/h9H,2-6H2,1H3,(H,10,11). The second-order valence-electron chi connectivity index (χ2n) is 3.83. The van der Waals surface area contributed by atoms with Crippen molar-refractivity contribution in [1.29, 1.82) is 0 Å². The molecule has 1 rings (SSSR count). The van der Waals surface area contributed by atoms with Crippen molar-refractivity contribution in [3.05, 3.63) is 0 Å². The fourth-order valence-electron chi connectivity index (χ4n) is 1.31. The molecule has 5 nitrogen and oxygen atoms in total. The highest BCUT2D eigenvalue weighted by atomic mass is 32.2. The second kappa shape index (κ2) is 3.86. The van der Waals surface area contributed by atoms with Crippen LogP contribution in [-0.2, 0) is 14.8 Å². The molecule has 82 valence electrons. The molecule has 0 spiro atoms. The van der Waals surface area contributed by atoms with E-state index in [0.29, 0.717) is 6.54 Å². The zero-order chi connectivity index (χ0) is 10.8. The molecule has 0 aliphatic heterocycles. The van der Waals surface area contributed by atoms with Gasteiger partial charge in [-0.15, -0.1) is 0 Å². The number of rotatable bonds is 6. The Hall–Kier alpha value is -0.620. The van der Waals surface area contributed by atoms with Crippen LogP contribution in [0, 0.1) is 5.41 Å². The predicted octanol–water partition coefficient (Wildman–Crippen LogP) is 0.181. The molecular formula is C8H15NO4S. The number of hydrogen-bond acceptors (Lipinski definition) is 3. The lowest BCUT2D eigenvalue weighted by Gasteiger charge is -2.12. The Morgan fingerprint density at radius 3 is 2.43 bits per heavy atom. The van der Waals surface area contributed by atoms with Gasteiger partial charge in [0.15, 0.2) is 5.75 Å². The molecule has 0 aromatic heterocycles. The Balaban J connectivity index is 2.40. The van der Waals surface area contributed by atoms with Crippen LogP contribution in [0.15, 0.2) is 0 Å². The van der Waals surface area contributed by atoms with Crippen molar-refractivity contribution in [2.24, 2.45) is 5.41 Å². The van der Waals surface area contributed by atoms with Gasteiger partial charge in [-0.2, -0.15) is 0 Å². The van der Waals surface area contributed by atoms with Crippen LogP contribution in [-0.4, -0.2) is 31.8 Å². The molecule has 2 N–H and O–H groups in total. The third-order valence-corrected chi connectivity index (χ3v) is 3.90. The number of nitrogens with one attached hydrogen (secondary N) is 1. The van der Waals surface area contributed by atoms with E-state index in [2.05, 4.69) is 4.72 Å². The topological polar surface area (TPSA) is 83.5 Å². The molecule has 1 aliphatic carbocycles. The fraction of sp³-hybridized carbons (Fsp3) is 0.875. The van der Waals surface area contributed by atoms with E-state index >= 15 is 0 Å². The third-order valence-electron chi connectivity index (χ3n) is 2.69. The van der Waals surface area contributed by atoms with Crippen molar-refractivity contribution < 1.29 is 18.3 Å². The lowest BCUT2D eigenvalue weighted by Crippen LogP contribution is -2.34. The molecule has 0 amide bonds. The van der Waals surface area contributed by atoms with E-state index in [1.807, 2.05) is 6.92 Å². The molecular weight excluding hydrogens is 206 g/mol.